The topological polar surface area (TPSA) is 89.3 Å². The third-order valence-electron chi connectivity index (χ3n) is 5.21. The van der Waals surface area contributed by atoms with Crippen molar-refractivity contribution >= 4 is 11.9 Å². The minimum absolute atomic E-state index is 0.223. The Morgan fingerprint density at radius 1 is 1.06 bits per heavy atom. The van der Waals surface area contributed by atoms with Crippen molar-refractivity contribution in [1.82, 2.24) is 5.32 Å². The lowest BCUT2D eigenvalue weighted by Crippen LogP contribution is -2.40. The van der Waals surface area contributed by atoms with Crippen LogP contribution in [-0.4, -0.2) is 44.8 Å². The fourth-order valence-electron chi connectivity index (χ4n) is 3.66. The molecule has 32 heavy (non-hydrogen) atoms. The molecule has 1 heterocycles. The van der Waals surface area contributed by atoms with Crippen molar-refractivity contribution in [3.05, 3.63) is 71.9 Å². The van der Waals surface area contributed by atoms with E-state index in [0.29, 0.717) is 31.7 Å². The average molecular weight is 436 g/mol. The Balaban J connectivity index is 1.75. The second kappa shape index (κ2) is 11.9. The molecule has 2 atom stereocenters. The van der Waals surface area contributed by atoms with E-state index < -0.39 is 5.92 Å². The van der Waals surface area contributed by atoms with Crippen molar-refractivity contribution in [3.8, 4) is 11.1 Å². The minimum atomic E-state index is -0.479. The molecule has 0 bridgehead atoms. The number of methoxy groups -OCH3 is 1. The Labute approximate surface area is 188 Å². The molecule has 0 radical (unpaired) electrons. The van der Waals surface area contributed by atoms with Crippen LogP contribution in [0.1, 0.15) is 18.9 Å². The van der Waals surface area contributed by atoms with Crippen LogP contribution in [0.4, 0.5) is 0 Å². The van der Waals surface area contributed by atoms with E-state index in [4.69, 9.17) is 9.47 Å². The highest BCUT2D eigenvalue weighted by atomic mass is 16.5. The van der Waals surface area contributed by atoms with Crippen LogP contribution >= 0.6 is 0 Å². The monoisotopic (exact) mass is 435 g/mol. The second-order valence-corrected chi connectivity index (χ2v) is 7.59. The van der Waals surface area contributed by atoms with Crippen molar-refractivity contribution in [2.45, 2.75) is 25.8 Å². The summed E-state index contributed by atoms with van der Waals surface area (Å²) in [5.74, 6) is -1.10. The lowest BCUT2D eigenvalue weighted by atomic mass is 9.94. The zero-order chi connectivity index (χ0) is 22.8. The number of carbonyl (C=O) groups is 2. The highest BCUT2D eigenvalue weighted by molar-refractivity contribution is 5.93. The van der Waals surface area contributed by atoms with Crippen molar-refractivity contribution in [1.29, 1.82) is 0 Å². The molecule has 7 nitrogen and oxygen atoms in total. The predicted molar refractivity (Wildman–Crippen MR) is 122 cm³/mol. The van der Waals surface area contributed by atoms with Crippen LogP contribution in [0.25, 0.3) is 11.1 Å². The molecule has 1 aliphatic heterocycles. The van der Waals surface area contributed by atoms with E-state index in [2.05, 4.69) is 39.8 Å². The third-order valence-corrected chi connectivity index (χ3v) is 5.21. The summed E-state index contributed by atoms with van der Waals surface area (Å²) < 4.78 is 10.4. The standard InChI is InChI=1S/C25H29N3O4/c1-3-32-25(30)21(17-31-2)16-22(27-24(29)23-13-14-26-28-23)15-18-9-11-20(12-10-18)19-7-5-4-6-8-19/h4-13,21-22H,3,14-17H2,1-2H3,(H,27,29)/t21-,22+/m0/s1. The summed E-state index contributed by atoms with van der Waals surface area (Å²) in [5.41, 5.74) is 3.62. The molecule has 0 unspecified atom stereocenters. The number of nitrogens with zero attached hydrogens (tertiary/aromatic N) is 2. The molecule has 168 valence electrons. The number of azo groups is 1. The molecular weight excluding hydrogens is 406 g/mol. The van der Waals surface area contributed by atoms with Crippen LogP contribution < -0.4 is 5.32 Å². The van der Waals surface area contributed by atoms with Gasteiger partial charge in [0.15, 0.2) is 0 Å². The summed E-state index contributed by atoms with van der Waals surface area (Å²) in [5, 5.41) is 10.7. The van der Waals surface area contributed by atoms with Crippen LogP contribution in [0.5, 0.6) is 0 Å². The minimum Gasteiger partial charge on any atom is -0.466 e. The van der Waals surface area contributed by atoms with Gasteiger partial charge in [-0.25, -0.2) is 0 Å². The molecule has 0 spiro atoms. The Bertz CT molecular complexity index is 955. The number of hydrogen-bond donors (Lipinski definition) is 1. The number of nitrogens with one attached hydrogen (secondary N) is 1. The first kappa shape index (κ1) is 23.3. The first-order chi connectivity index (χ1) is 15.6. The van der Waals surface area contributed by atoms with Gasteiger partial charge in [-0.2, -0.15) is 10.2 Å². The zero-order valence-electron chi connectivity index (χ0n) is 18.5. The number of benzene rings is 2. The Morgan fingerprint density at radius 3 is 2.41 bits per heavy atom. The summed E-state index contributed by atoms with van der Waals surface area (Å²) in [4.78, 5) is 25.0. The number of ether oxygens (including phenoxy) is 2. The van der Waals surface area contributed by atoms with E-state index in [1.807, 2.05) is 30.3 Å². The average Bonchev–Trinajstić information content (AvgIpc) is 3.35. The number of amides is 1. The Morgan fingerprint density at radius 2 is 1.78 bits per heavy atom. The molecule has 1 N–H and O–H groups in total. The highest BCUT2D eigenvalue weighted by Crippen LogP contribution is 2.21. The van der Waals surface area contributed by atoms with Crippen LogP contribution in [0, 0.1) is 5.92 Å². The molecule has 2 aromatic rings. The van der Waals surface area contributed by atoms with Gasteiger partial charge in [-0.15, -0.1) is 0 Å². The molecule has 0 saturated heterocycles. The van der Waals surface area contributed by atoms with E-state index >= 15 is 0 Å². The number of rotatable bonds is 11. The molecule has 0 fully saturated rings. The second-order valence-electron chi connectivity index (χ2n) is 7.59. The van der Waals surface area contributed by atoms with Gasteiger partial charge in [-0.05, 0) is 42.5 Å². The van der Waals surface area contributed by atoms with Crippen molar-refractivity contribution in [3.63, 3.8) is 0 Å². The van der Waals surface area contributed by atoms with Crippen LogP contribution in [-0.2, 0) is 25.5 Å². The first-order valence-electron chi connectivity index (χ1n) is 10.8. The number of carbonyl (C=O) groups excluding carboxylic acids is 2. The van der Waals surface area contributed by atoms with Gasteiger partial charge in [0, 0.05) is 13.2 Å². The summed E-state index contributed by atoms with van der Waals surface area (Å²) in [6.45, 7) is 2.70. The number of esters is 1. The van der Waals surface area contributed by atoms with Gasteiger partial charge in [0.25, 0.3) is 5.91 Å². The molecule has 0 aliphatic carbocycles. The summed E-state index contributed by atoms with van der Waals surface area (Å²) >= 11 is 0. The van der Waals surface area contributed by atoms with E-state index in [-0.39, 0.29) is 24.5 Å². The van der Waals surface area contributed by atoms with E-state index in [9.17, 15) is 9.59 Å². The maximum atomic E-state index is 12.6. The summed E-state index contributed by atoms with van der Waals surface area (Å²) in [7, 11) is 1.55. The molecule has 2 aromatic carbocycles. The van der Waals surface area contributed by atoms with Gasteiger partial charge in [0.2, 0.25) is 0 Å². The number of hydrogen-bond acceptors (Lipinski definition) is 6. The fourth-order valence-corrected chi connectivity index (χ4v) is 3.66. The Kier molecular flexibility index (Phi) is 8.69. The molecule has 7 heteroatoms. The molecule has 0 aromatic heterocycles. The van der Waals surface area contributed by atoms with Crippen molar-refractivity contribution in [2.75, 3.05) is 26.9 Å². The third kappa shape index (κ3) is 6.59. The van der Waals surface area contributed by atoms with E-state index in [1.165, 1.54) is 0 Å². The van der Waals surface area contributed by atoms with Crippen LogP contribution in [0.15, 0.2) is 76.6 Å². The Hall–Kier alpha value is -3.32. The van der Waals surface area contributed by atoms with E-state index in [1.54, 1.807) is 20.1 Å². The largest absolute Gasteiger partial charge is 0.466 e. The predicted octanol–water partition coefficient (Wildman–Crippen LogP) is 3.95. The van der Waals surface area contributed by atoms with E-state index in [0.717, 1.165) is 16.7 Å². The fraction of sp³-hybridized carbons (Fsp3) is 0.360. The normalized spacial score (nSPS) is 14.5. The smallest absolute Gasteiger partial charge is 0.311 e. The maximum absolute atomic E-state index is 12.6. The highest BCUT2D eigenvalue weighted by Gasteiger charge is 2.26. The van der Waals surface area contributed by atoms with Crippen LogP contribution in [0.3, 0.4) is 0 Å². The molecule has 1 aliphatic rings. The van der Waals surface area contributed by atoms with Gasteiger partial charge in [-0.1, -0.05) is 54.6 Å². The zero-order valence-corrected chi connectivity index (χ0v) is 18.5. The van der Waals surface area contributed by atoms with Gasteiger partial charge in [-0.3, -0.25) is 9.59 Å². The molecule has 1 amide bonds. The SMILES string of the molecule is CCOC(=O)[C@H](COC)C[C@@H](Cc1ccc(-c2ccccc2)cc1)NC(=O)C1=CCN=N1. The van der Waals surface area contributed by atoms with Crippen molar-refractivity contribution < 1.29 is 19.1 Å². The summed E-state index contributed by atoms with van der Waals surface area (Å²) in [6.07, 6.45) is 2.63. The molecular formula is C25H29N3O4. The molecule has 3 rings (SSSR count). The lowest BCUT2D eigenvalue weighted by molar-refractivity contribution is -0.150. The molecule has 0 saturated carbocycles. The maximum Gasteiger partial charge on any atom is 0.311 e. The van der Waals surface area contributed by atoms with Gasteiger partial charge in [0.05, 0.1) is 25.7 Å². The lowest BCUT2D eigenvalue weighted by Gasteiger charge is -2.23. The van der Waals surface area contributed by atoms with Gasteiger partial charge >= 0.3 is 5.97 Å². The quantitative estimate of drug-likeness (QED) is 0.541. The summed E-state index contributed by atoms with van der Waals surface area (Å²) in [6, 6.07) is 18.1. The van der Waals surface area contributed by atoms with Crippen LogP contribution in [0.2, 0.25) is 0 Å². The first-order valence-corrected chi connectivity index (χ1v) is 10.8. The van der Waals surface area contributed by atoms with Gasteiger partial charge < -0.3 is 14.8 Å². The van der Waals surface area contributed by atoms with Gasteiger partial charge in [0.1, 0.15) is 5.70 Å². The van der Waals surface area contributed by atoms with Crippen molar-refractivity contribution in [2.24, 2.45) is 16.1 Å².